The predicted octanol–water partition coefficient (Wildman–Crippen LogP) is -1.38. The lowest BCUT2D eigenvalue weighted by atomic mass is 10.7. The van der Waals surface area contributed by atoms with E-state index in [9.17, 15) is 9.59 Å². The Kier molecular flexibility index (Phi) is 5.94. The van der Waals surface area contributed by atoms with Crippen LogP contribution < -0.4 is 0 Å². The van der Waals surface area contributed by atoms with Gasteiger partial charge in [0.1, 0.15) is 6.61 Å². The van der Waals surface area contributed by atoms with E-state index in [1.54, 1.807) is 0 Å². The molecule has 0 radical (unpaired) electrons. The Hall–Kier alpha value is -1.14. The van der Waals surface area contributed by atoms with E-state index >= 15 is 0 Å². The summed E-state index contributed by atoms with van der Waals surface area (Å²) in [6.45, 7) is -0.0117. The first kappa shape index (κ1) is 10.9. The van der Waals surface area contributed by atoms with Crippen molar-refractivity contribution in [1.29, 1.82) is 0 Å². The highest BCUT2D eigenvalue weighted by Crippen LogP contribution is 1.80. The van der Waals surface area contributed by atoms with Crippen LogP contribution in [0.5, 0.6) is 0 Å². The molecule has 2 N–H and O–H groups in total. The Morgan fingerprint density at radius 3 is 2.33 bits per heavy atom. The largest absolute Gasteiger partial charge is 0.473 e. The van der Waals surface area contributed by atoms with Gasteiger partial charge in [0.25, 0.3) is 0 Å². The third-order valence-corrected chi connectivity index (χ3v) is 0.871. The Bertz CT molecular complexity index is 154. The van der Waals surface area contributed by atoms with Gasteiger partial charge in [-0.05, 0) is 0 Å². The zero-order chi connectivity index (χ0) is 9.40. The van der Waals surface area contributed by atoms with Gasteiger partial charge in [0.2, 0.25) is 0 Å². The molecule has 12 heavy (non-hydrogen) atoms. The summed E-state index contributed by atoms with van der Waals surface area (Å²) in [7, 11) is 0. The fourth-order valence-corrected chi connectivity index (χ4v) is 0.422. The van der Waals surface area contributed by atoms with Crippen LogP contribution in [0.2, 0.25) is 0 Å². The number of carbonyl (C=O) groups excluding carboxylic acids is 1. The predicted molar refractivity (Wildman–Crippen MR) is 36.5 cm³/mol. The topological polar surface area (TPSA) is 93.1 Å². The van der Waals surface area contributed by atoms with E-state index in [0.29, 0.717) is 0 Å². The Morgan fingerprint density at radius 1 is 1.17 bits per heavy atom. The molecule has 0 aromatic heterocycles. The summed E-state index contributed by atoms with van der Waals surface area (Å²) in [5, 5.41) is 16.3. The van der Waals surface area contributed by atoms with Crippen molar-refractivity contribution in [2.75, 3.05) is 26.4 Å². The van der Waals surface area contributed by atoms with E-state index in [1.807, 2.05) is 0 Å². The smallest absolute Gasteiger partial charge is 0.417 e. The number of aliphatic hydroxyl groups is 1. The zero-order valence-electron chi connectivity index (χ0n) is 6.36. The van der Waals surface area contributed by atoms with Crippen LogP contribution >= 0.6 is 0 Å². The second kappa shape index (κ2) is 6.56. The van der Waals surface area contributed by atoms with Crippen molar-refractivity contribution in [3.05, 3.63) is 0 Å². The van der Waals surface area contributed by atoms with Crippen molar-refractivity contribution in [3.8, 4) is 0 Å². The molecule has 0 amide bonds. The van der Waals surface area contributed by atoms with Gasteiger partial charge in [0.15, 0.2) is 0 Å². The third kappa shape index (κ3) is 5.63. The summed E-state index contributed by atoms with van der Waals surface area (Å²) in [6, 6.07) is 0. The van der Waals surface area contributed by atoms with Crippen molar-refractivity contribution >= 4 is 11.9 Å². The van der Waals surface area contributed by atoms with Crippen LogP contribution in [0.3, 0.4) is 0 Å². The second-order valence-corrected chi connectivity index (χ2v) is 1.78. The Morgan fingerprint density at radius 2 is 1.83 bits per heavy atom. The first-order valence-electron chi connectivity index (χ1n) is 3.27. The summed E-state index contributed by atoms with van der Waals surface area (Å²) >= 11 is 0. The number of carboxylic acid groups (broad SMARTS) is 1. The van der Waals surface area contributed by atoms with Gasteiger partial charge < -0.3 is 19.7 Å². The summed E-state index contributed by atoms with van der Waals surface area (Å²) in [5.74, 6) is -2.93. The first-order chi connectivity index (χ1) is 5.68. The number of rotatable bonds is 5. The van der Waals surface area contributed by atoms with Crippen LogP contribution in [0.4, 0.5) is 0 Å². The van der Waals surface area contributed by atoms with E-state index in [2.05, 4.69) is 4.74 Å². The molecule has 70 valence electrons. The maximum Gasteiger partial charge on any atom is 0.417 e. The molecular weight excluding hydrogens is 168 g/mol. The molecule has 0 rings (SSSR count). The number of esters is 1. The van der Waals surface area contributed by atoms with Gasteiger partial charge >= 0.3 is 11.9 Å². The van der Waals surface area contributed by atoms with Crippen molar-refractivity contribution in [3.63, 3.8) is 0 Å². The number of ether oxygens (including phenoxy) is 2. The molecule has 0 aliphatic rings. The van der Waals surface area contributed by atoms with E-state index in [-0.39, 0.29) is 26.4 Å². The molecule has 6 nitrogen and oxygen atoms in total. The summed E-state index contributed by atoms with van der Waals surface area (Å²) in [5.41, 5.74) is 0. The van der Waals surface area contributed by atoms with Crippen LogP contribution in [0.1, 0.15) is 0 Å². The molecule has 0 spiro atoms. The van der Waals surface area contributed by atoms with E-state index in [0.717, 1.165) is 0 Å². The number of carbonyl (C=O) groups is 2. The molecule has 0 aromatic carbocycles. The molecule has 0 aromatic rings. The third-order valence-electron chi connectivity index (χ3n) is 0.871. The number of hydrogen-bond donors (Lipinski definition) is 2. The molecule has 6 heteroatoms. The molecule has 0 saturated heterocycles. The molecule has 0 bridgehead atoms. The highest BCUT2D eigenvalue weighted by molar-refractivity contribution is 6.28. The van der Waals surface area contributed by atoms with Crippen molar-refractivity contribution in [1.82, 2.24) is 0 Å². The van der Waals surface area contributed by atoms with Gasteiger partial charge in [0.05, 0.1) is 19.8 Å². The van der Waals surface area contributed by atoms with Crippen molar-refractivity contribution < 1.29 is 29.3 Å². The molecule has 0 saturated carbocycles. The number of aliphatic hydroxyl groups excluding tert-OH is 1. The Labute approximate surface area is 68.7 Å². The number of carboxylic acids is 1. The first-order valence-corrected chi connectivity index (χ1v) is 3.27. The fraction of sp³-hybridized carbons (Fsp3) is 0.667. The minimum Gasteiger partial charge on any atom is -0.473 e. The molecule has 0 heterocycles. The van der Waals surface area contributed by atoms with Gasteiger partial charge in [-0.3, -0.25) is 0 Å². The SMILES string of the molecule is O=C(O)C(=O)OCCOCCO. The van der Waals surface area contributed by atoms with Gasteiger partial charge in [0, 0.05) is 0 Å². The lowest BCUT2D eigenvalue weighted by molar-refractivity contribution is -0.164. The Balaban J connectivity index is 3.20. The molecule has 0 aliphatic heterocycles. The second-order valence-electron chi connectivity index (χ2n) is 1.78. The quantitative estimate of drug-likeness (QED) is 0.306. The highest BCUT2D eigenvalue weighted by Gasteiger charge is 2.11. The zero-order valence-corrected chi connectivity index (χ0v) is 6.36. The van der Waals surface area contributed by atoms with Gasteiger partial charge in [-0.25, -0.2) is 9.59 Å². The van der Waals surface area contributed by atoms with E-state index < -0.39 is 11.9 Å². The molecular formula is C6H10O6. The molecule has 0 unspecified atom stereocenters. The lowest BCUT2D eigenvalue weighted by Gasteiger charge is -2.01. The maximum atomic E-state index is 10.2. The monoisotopic (exact) mass is 178 g/mol. The average Bonchev–Trinajstić information content (AvgIpc) is 2.03. The maximum absolute atomic E-state index is 10.2. The normalized spacial score (nSPS) is 9.42. The van der Waals surface area contributed by atoms with Crippen LogP contribution in [0.15, 0.2) is 0 Å². The van der Waals surface area contributed by atoms with Gasteiger partial charge in [-0.1, -0.05) is 0 Å². The molecule has 0 atom stereocenters. The van der Waals surface area contributed by atoms with E-state index in [4.69, 9.17) is 14.9 Å². The lowest BCUT2D eigenvalue weighted by Crippen LogP contribution is -2.19. The standard InChI is InChI=1S/C6H10O6/c7-1-2-11-3-4-12-6(10)5(8)9/h7H,1-4H2,(H,8,9). The number of hydrogen-bond acceptors (Lipinski definition) is 5. The summed E-state index contributed by atoms with van der Waals surface area (Å²) in [6.07, 6.45) is 0. The average molecular weight is 178 g/mol. The van der Waals surface area contributed by atoms with Crippen LogP contribution in [-0.4, -0.2) is 48.6 Å². The summed E-state index contributed by atoms with van der Waals surface area (Å²) < 4.78 is 8.90. The van der Waals surface area contributed by atoms with Gasteiger partial charge in [-0.2, -0.15) is 0 Å². The molecule has 0 fully saturated rings. The molecule has 0 aliphatic carbocycles. The number of aliphatic carboxylic acids is 1. The van der Waals surface area contributed by atoms with Gasteiger partial charge in [-0.15, -0.1) is 0 Å². The minimum atomic E-state index is -1.63. The fourth-order valence-electron chi connectivity index (χ4n) is 0.422. The van der Waals surface area contributed by atoms with Crippen molar-refractivity contribution in [2.24, 2.45) is 0 Å². The van der Waals surface area contributed by atoms with E-state index in [1.165, 1.54) is 0 Å². The van der Waals surface area contributed by atoms with Crippen LogP contribution in [0, 0.1) is 0 Å². The van der Waals surface area contributed by atoms with Crippen LogP contribution in [-0.2, 0) is 19.1 Å². The summed E-state index contributed by atoms with van der Waals surface area (Å²) in [4.78, 5) is 20.1. The highest BCUT2D eigenvalue weighted by atomic mass is 16.6. The minimum absolute atomic E-state index is 0.0829. The van der Waals surface area contributed by atoms with Crippen LogP contribution in [0.25, 0.3) is 0 Å². The van der Waals surface area contributed by atoms with Crippen molar-refractivity contribution in [2.45, 2.75) is 0 Å².